The molecule has 0 fully saturated rings. The molecule has 1 heterocycles. The van der Waals surface area contributed by atoms with Crippen LogP contribution in [-0.2, 0) is 6.42 Å². The van der Waals surface area contributed by atoms with Gasteiger partial charge in [-0.25, -0.2) is 4.39 Å². The number of ether oxygens (including phenoxy) is 1. The molecule has 0 saturated carbocycles. The molecule has 1 atom stereocenters. The molecule has 2 aromatic rings. The van der Waals surface area contributed by atoms with Gasteiger partial charge in [-0.1, -0.05) is 28.9 Å². The van der Waals surface area contributed by atoms with Gasteiger partial charge in [0, 0.05) is 4.88 Å². The maximum Gasteiger partial charge on any atom is 0.165 e. The Labute approximate surface area is 119 Å². The van der Waals surface area contributed by atoms with E-state index in [1.807, 2.05) is 6.07 Å². The summed E-state index contributed by atoms with van der Waals surface area (Å²) in [5.41, 5.74) is 2.21. The maximum absolute atomic E-state index is 13.7. The largest absolute Gasteiger partial charge is 0.494 e. The van der Waals surface area contributed by atoms with E-state index in [0.717, 1.165) is 12.0 Å². The van der Waals surface area contributed by atoms with Gasteiger partial charge >= 0.3 is 0 Å². The van der Waals surface area contributed by atoms with Crippen molar-refractivity contribution in [1.29, 1.82) is 0 Å². The van der Waals surface area contributed by atoms with E-state index < -0.39 is 0 Å². The Morgan fingerprint density at radius 1 is 1.39 bits per heavy atom. The molecular weight excluding hydrogens is 315 g/mol. The minimum absolute atomic E-state index is 0.0351. The Balaban J connectivity index is 2.34. The van der Waals surface area contributed by atoms with E-state index in [-0.39, 0.29) is 16.4 Å². The summed E-state index contributed by atoms with van der Waals surface area (Å²) in [6.45, 7) is 2.12. The maximum atomic E-state index is 13.7. The van der Waals surface area contributed by atoms with Gasteiger partial charge < -0.3 is 4.74 Å². The van der Waals surface area contributed by atoms with Crippen LogP contribution in [0.15, 0.2) is 29.6 Å². The second-order valence-electron chi connectivity index (χ2n) is 3.92. The predicted octanol–water partition coefficient (Wildman–Crippen LogP) is 4.94. The lowest BCUT2D eigenvalue weighted by atomic mass is 10.1. The number of alkyl halides is 1. The highest BCUT2D eigenvalue weighted by atomic mass is 79.9. The van der Waals surface area contributed by atoms with Crippen LogP contribution in [0.1, 0.15) is 27.8 Å². The van der Waals surface area contributed by atoms with Crippen LogP contribution in [0.5, 0.6) is 5.75 Å². The summed E-state index contributed by atoms with van der Waals surface area (Å²) in [6, 6.07) is 7.20. The molecule has 1 aromatic carbocycles. The Morgan fingerprint density at radius 2 is 2.17 bits per heavy atom. The standard InChI is InChI=1S/C14H14BrFOS/c1-3-9-6-7-18-14(9)13(15)10-4-5-12(17-2)11(16)8-10/h4-8,13H,3H2,1-2H3. The first-order valence-corrected chi connectivity index (χ1v) is 7.50. The Morgan fingerprint density at radius 3 is 2.78 bits per heavy atom. The molecule has 1 nitrogen and oxygen atoms in total. The van der Waals surface area contributed by atoms with E-state index in [1.54, 1.807) is 17.4 Å². The van der Waals surface area contributed by atoms with Crippen LogP contribution in [0.3, 0.4) is 0 Å². The molecule has 0 radical (unpaired) electrons. The van der Waals surface area contributed by atoms with Crippen LogP contribution in [0.2, 0.25) is 0 Å². The van der Waals surface area contributed by atoms with Crippen LogP contribution in [-0.4, -0.2) is 7.11 Å². The average molecular weight is 329 g/mol. The number of hydrogen-bond donors (Lipinski definition) is 0. The van der Waals surface area contributed by atoms with Gasteiger partial charge in [-0.2, -0.15) is 0 Å². The number of thiophene rings is 1. The molecular formula is C14H14BrFOS. The zero-order valence-corrected chi connectivity index (χ0v) is 12.6. The average Bonchev–Trinajstić information content (AvgIpc) is 2.86. The molecule has 1 unspecified atom stereocenters. The first kappa shape index (κ1) is 13.6. The fourth-order valence-corrected chi connectivity index (χ4v) is 3.75. The van der Waals surface area contributed by atoms with Crippen LogP contribution in [0.4, 0.5) is 4.39 Å². The minimum atomic E-state index is -0.325. The Kier molecular flexibility index (Phi) is 4.40. The number of methoxy groups -OCH3 is 1. The second kappa shape index (κ2) is 5.85. The van der Waals surface area contributed by atoms with Gasteiger partial charge in [-0.15, -0.1) is 11.3 Å². The van der Waals surface area contributed by atoms with Crippen molar-refractivity contribution in [3.8, 4) is 5.75 Å². The molecule has 0 N–H and O–H groups in total. The second-order valence-corrected chi connectivity index (χ2v) is 5.78. The highest BCUT2D eigenvalue weighted by Crippen LogP contribution is 2.37. The topological polar surface area (TPSA) is 9.23 Å². The summed E-state index contributed by atoms with van der Waals surface area (Å²) in [6.07, 6.45) is 0.986. The summed E-state index contributed by atoms with van der Waals surface area (Å²) >= 11 is 5.34. The van der Waals surface area contributed by atoms with Gasteiger partial charge in [0.15, 0.2) is 11.6 Å². The monoisotopic (exact) mass is 328 g/mol. The predicted molar refractivity (Wildman–Crippen MR) is 77.4 cm³/mol. The first-order valence-electron chi connectivity index (χ1n) is 5.71. The SMILES string of the molecule is CCc1ccsc1C(Br)c1ccc(OC)c(F)c1. The minimum Gasteiger partial charge on any atom is -0.494 e. The molecule has 0 amide bonds. The van der Waals surface area contributed by atoms with Gasteiger partial charge in [-0.3, -0.25) is 0 Å². The highest BCUT2D eigenvalue weighted by molar-refractivity contribution is 9.09. The van der Waals surface area contributed by atoms with Gasteiger partial charge in [-0.05, 0) is 41.1 Å². The molecule has 4 heteroatoms. The van der Waals surface area contributed by atoms with Crippen molar-refractivity contribution >= 4 is 27.3 Å². The summed E-state index contributed by atoms with van der Waals surface area (Å²) in [7, 11) is 1.47. The van der Waals surface area contributed by atoms with Crippen LogP contribution < -0.4 is 4.74 Å². The van der Waals surface area contributed by atoms with E-state index in [1.165, 1.54) is 23.6 Å². The van der Waals surface area contributed by atoms with E-state index in [4.69, 9.17) is 4.74 Å². The fourth-order valence-electron chi connectivity index (χ4n) is 1.85. The lowest BCUT2D eigenvalue weighted by Gasteiger charge is -2.12. The molecule has 0 spiro atoms. The Hall–Kier alpha value is -0.870. The lowest BCUT2D eigenvalue weighted by Crippen LogP contribution is -1.96. The molecule has 2 rings (SSSR count). The van der Waals surface area contributed by atoms with E-state index >= 15 is 0 Å². The quantitative estimate of drug-likeness (QED) is 0.722. The third-order valence-electron chi connectivity index (χ3n) is 2.86. The van der Waals surface area contributed by atoms with Gasteiger partial charge in [0.25, 0.3) is 0 Å². The van der Waals surface area contributed by atoms with Crippen molar-refractivity contribution in [2.24, 2.45) is 0 Å². The first-order chi connectivity index (χ1) is 8.67. The Bertz CT molecular complexity index is 538. The third-order valence-corrected chi connectivity index (χ3v) is 5.17. The molecule has 0 bridgehead atoms. The summed E-state index contributed by atoms with van der Waals surface area (Å²) in [5.74, 6) is -0.0469. The third kappa shape index (κ3) is 2.59. The van der Waals surface area contributed by atoms with Gasteiger partial charge in [0.2, 0.25) is 0 Å². The molecule has 0 aliphatic rings. The molecule has 1 aromatic heterocycles. The van der Waals surface area contributed by atoms with Crippen LogP contribution >= 0.6 is 27.3 Å². The van der Waals surface area contributed by atoms with Crippen molar-refractivity contribution in [2.75, 3.05) is 7.11 Å². The molecule has 96 valence electrons. The fraction of sp³-hybridized carbons (Fsp3) is 0.286. The molecule has 0 saturated heterocycles. The van der Waals surface area contributed by atoms with Gasteiger partial charge in [0.05, 0.1) is 11.9 Å². The van der Waals surface area contributed by atoms with E-state index in [0.29, 0.717) is 0 Å². The zero-order valence-electron chi connectivity index (χ0n) is 10.2. The number of rotatable bonds is 4. The number of aryl methyl sites for hydroxylation is 1. The lowest BCUT2D eigenvalue weighted by molar-refractivity contribution is 0.386. The van der Waals surface area contributed by atoms with E-state index in [9.17, 15) is 4.39 Å². The summed E-state index contributed by atoms with van der Waals surface area (Å²) in [4.78, 5) is 1.27. The van der Waals surface area contributed by atoms with Crippen molar-refractivity contribution < 1.29 is 9.13 Å². The van der Waals surface area contributed by atoms with E-state index in [2.05, 4.69) is 34.3 Å². The highest BCUT2D eigenvalue weighted by Gasteiger charge is 2.16. The van der Waals surface area contributed by atoms with Crippen molar-refractivity contribution in [1.82, 2.24) is 0 Å². The normalized spacial score (nSPS) is 12.4. The molecule has 0 aliphatic carbocycles. The van der Waals surface area contributed by atoms with Crippen LogP contribution in [0, 0.1) is 5.82 Å². The van der Waals surface area contributed by atoms with Crippen molar-refractivity contribution in [3.05, 3.63) is 51.5 Å². The molecule has 18 heavy (non-hydrogen) atoms. The number of hydrogen-bond acceptors (Lipinski definition) is 2. The zero-order chi connectivity index (χ0) is 13.1. The van der Waals surface area contributed by atoms with Gasteiger partial charge in [0.1, 0.15) is 0 Å². The summed E-state index contributed by atoms with van der Waals surface area (Å²) < 4.78 is 18.6. The van der Waals surface area contributed by atoms with Crippen molar-refractivity contribution in [2.45, 2.75) is 18.2 Å². The van der Waals surface area contributed by atoms with Crippen molar-refractivity contribution in [3.63, 3.8) is 0 Å². The molecule has 0 aliphatic heterocycles. The summed E-state index contributed by atoms with van der Waals surface area (Å²) in [5, 5.41) is 2.07. The smallest absolute Gasteiger partial charge is 0.165 e. The number of halogens is 2. The van der Waals surface area contributed by atoms with Crippen LogP contribution in [0.25, 0.3) is 0 Å². The number of benzene rings is 1.